The van der Waals surface area contributed by atoms with Gasteiger partial charge in [0.2, 0.25) is 6.79 Å². The third-order valence-electron chi connectivity index (χ3n) is 3.06. The highest BCUT2D eigenvalue weighted by Gasteiger charge is 2.17. The minimum absolute atomic E-state index is 0.217. The summed E-state index contributed by atoms with van der Waals surface area (Å²) in [4.78, 5) is 4.40. The molecule has 0 radical (unpaired) electrons. The van der Waals surface area contributed by atoms with Gasteiger partial charge in [0.1, 0.15) is 5.75 Å². The van der Waals surface area contributed by atoms with Crippen molar-refractivity contribution in [1.82, 2.24) is 0 Å². The van der Waals surface area contributed by atoms with Crippen molar-refractivity contribution in [3.63, 3.8) is 0 Å². The fourth-order valence-electron chi connectivity index (χ4n) is 2.03. The van der Waals surface area contributed by atoms with Crippen LogP contribution in [0.4, 0.5) is 5.69 Å². The zero-order valence-corrected chi connectivity index (χ0v) is 13.3. The first-order chi connectivity index (χ1) is 10.7. The normalized spacial score (nSPS) is 12.9. The molecular formula is C16H13Cl2NO3. The van der Waals surface area contributed by atoms with Crippen LogP contribution in [0.1, 0.15) is 12.5 Å². The van der Waals surface area contributed by atoms with Crippen molar-refractivity contribution in [3.8, 4) is 17.2 Å². The van der Waals surface area contributed by atoms with Gasteiger partial charge < -0.3 is 14.2 Å². The first-order valence-corrected chi connectivity index (χ1v) is 7.48. The van der Waals surface area contributed by atoms with Crippen LogP contribution in [0.5, 0.6) is 17.2 Å². The minimum atomic E-state index is 0.217. The van der Waals surface area contributed by atoms with Crippen molar-refractivity contribution >= 4 is 35.1 Å². The van der Waals surface area contributed by atoms with Gasteiger partial charge in [-0.3, -0.25) is 4.99 Å². The lowest BCUT2D eigenvalue weighted by Gasteiger charge is -2.08. The largest absolute Gasteiger partial charge is 0.493 e. The number of fused-ring (bicyclic) bond motifs is 1. The van der Waals surface area contributed by atoms with Crippen molar-refractivity contribution in [1.29, 1.82) is 0 Å². The summed E-state index contributed by atoms with van der Waals surface area (Å²) in [5.41, 5.74) is 1.51. The lowest BCUT2D eigenvalue weighted by Crippen LogP contribution is -1.96. The van der Waals surface area contributed by atoms with E-state index in [1.54, 1.807) is 24.4 Å². The van der Waals surface area contributed by atoms with Crippen LogP contribution in [0.15, 0.2) is 35.3 Å². The third-order valence-corrected chi connectivity index (χ3v) is 3.80. The Bertz CT molecular complexity index is 732. The van der Waals surface area contributed by atoms with Crippen LogP contribution in [-0.4, -0.2) is 19.6 Å². The van der Waals surface area contributed by atoms with Gasteiger partial charge in [0.25, 0.3) is 0 Å². The standard InChI is InChI=1S/C16H13Cl2NO3/c1-2-20-14-7-16-15(21-9-22-16)5-10(14)8-19-11-3-4-12(17)13(18)6-11/h3-8H,2,9H2,1H3. The predicted molar refractivity (Wildman–Crippen MR) is 87.5 cm³/mol. The van der Waals surface area contributed by atoms with E-state index in [2.05, 4.69) is 4.99 Å². The molecule has 0 amide bonds. The van der Waals surface area contributed by atoms with E-state index in [4.69, 9.17) is 37.4 Å². The van der Waals surface area contributed by atoms with Gasteiger partial charge in [0.15, 0.2) is 11.5 Å². The van der Waals surface area contributed by atoms with Gasteiger partial charge in [-0.05, 0) is 31.2 Å². The summed E-state index contributed by atoms with van der Waals surface area (Å²) in [6.45, 7) is 2.69. The molecule has 114 valence electrons. The fourth-order valence-corrected chi connectivity index (χ4v) is 2.32. The summed E-state index contributed by atoms with van der Waals surface area (Å²) in [7, 11) is 0. The number of halogens is 2. The van der Waals surface area contributed by atoms with E-state index in [-0.39, 0.29) is 6.79 Å². The second-order valence-corrected chi connectivity index (χ2v) is 5.35. The van der Waals surface area contributed by atoms with Crippen molar-refractivity contribution in [2.24, 2.45) is 4.99 Å². The van der Waals surface area contributed by atoms with E-state index >= 15 is 0 Å². The van der Waals surface area contributed by atoms with Crippen LogP contribution in [0.25, 0.3) is 0 Å². The smallest absolute Gasteiger partial charge is 0.231 e. The molecule has 0 aromatic heterocycles. The van der Waals surface area contributed by atoms with E-state index in [9.17, 15) is 0 Å². The van der Waals surface area contributed by atoms with Crippen LogP contribution in [0.2, 0.25) is 10.0 Å². The van der Waals surface area contributed by atoms with Gasteiger partial charge in [-0.1, -0.05) is 23.2 Å². The molecule has 0 spiro atoms. The van der Waals surface area contributed by atoms with E-state index in [1.165, 1.54) is 0 Å². The van der Waals surface area contributed by atoms with Crippen molar-refractivity contribution < 1.29 is 14.2 Å². The van der Waals surface area contributed by atoms with Crippen molar-refractivity contribution in [3.05, 3.63) is 45.9 Å². The number of hydrogen-bond acceptors (Lipinski definition) is 4. The molecule has 1 aliphatic rings. The average molecular weight is 338 g/mol. The average Bonchev–Trinajstić information content (AvgIpc) is 2.96. The summed E-state index contributed by atoms with van der Waals surface area (Å²) < 4.78 is 16.4. The zero-order chi connectivity index (χ0) is 15.5. The maximum atomic E-state index is 5.99. The highest BCUT2D eigenvalue weighted by atomic mass is 35.5. The van der Waals surface area contributed by atoms with Crippen LogP contribution >= 0.6 is 23.2 Å². The van der Waals surface area contributed by atoms with Gasteiger partial charge in [0.05, 0.1) is 22.3 Å². The quantitative estimate of drug-likeness (QED) is 0.747. The van der Waals surface area contributed by atoms with Gasteiger partial charge in [-0.15, -0.1) is 0 Å². The molecule has 0 aliphatic carbocycles. The van der Waals surface area contributed by atoms with Gasteiger partial charge in [-0.2, -0.15) is 0 Å². The van der Waals surface area contributed by atoms with E-state index in [0.717, 1.165) is 5.56 Å². The Kier molecular flexibility index (Phi) is 4.41. The van der Waals surface area contributed by atoms with Crippen LogP contribution < -0.4 is 14.2 Å². The summed E-state index contributed by atoms with van der Waals surface area (Å²) in [5, 5.41) is 0.964. The molecular weight excluding hydrogens is 325 g/mol. The van der Waals surface area contributed by atoms with E-state index < -0.39 is 0 Å². The highest BCUT2D eigenvalue weighted by molar-refractivity contribution is 6.42. The summed E-state index contributed by atoms with van der Waals surface area (Å²) >= 11 is 11.9. The molecule has 0 unspecified atom stereocenters. The monoisotopic (exact) mass is 337 g/mol. The third kappa shape index (κ3) is 3.13. The van der Waals surface area contributed by atoms with Crippen molar-refractivity contribution in [2.45, 2.75) is 6.92 Å². The van der Waals surface area contributed by atoms with Gasteiger partial charge in [0, 0.05) is 17.8 Å². The first-order valence-electron chi connectivity index (χ1n) is 6.73. The molecule has 1 heterocycles. The van der Waals surface area contributed by atoms with Crippen LogP contribution in [0, 0.1) is 0 Å². The molecule has 1 aliphatic heterocycles. The molecule has 3 rings (SSSR count). The Morgan fingerprint density at radius 2 is 1.91 bits per heavy atom. The number of ether oxygens (including phenoxy) is 3. The maximum absolute atomic E-state index is 5.99. The molecule has 0 saturated carbocycles. The number of aliphatic imine (C=N–C) groups is 1. The molecule has 6 heteroatoms. The lowest BCUT2D eigenvalue weighted by atomic mass is 10.2. The highest BCUT2D eigenvalue weighted by Crippen LogP contribution is 2.38. The molecule has 0 atom stereocenters. The summed E-state index contributed by atoms with van der Waals surface area (Å²) in [5.74, 6) is 2.05. The fraction of sp³-hybridized carbons (Fsp3) is 0.188. The minimum Gasteiger partial charge on any atom is -0.493 e. The number of nitrogens with zero attached hydrogens (tertiary/aromatic N) is 1. The molecule has 0 saturated heterocycles. The van der Waals surface area contributed by atoms with E-state index in [0.29, 0.717) is 39.6 Å². The Morgan fingerprint density at radius 3 is 2.64 bits per heavy atom. The second-order valence-electron chi connectivity index (χ2n) is 4.53. The summed E-state index contributed by atoms with van der Waals surface area (Å²) in [6, 6.07) is 8.85. The Morgan fingerprint density at radius 1 is 1.14 bits per heavy atom. The molecule has 0 N–H and O–H groups in total. The Balaban J connectivity index is 1.93. The molecule has 2 aromatic carbocycles. The number of hydrogen-bond donors (Lipinski definition) is 0. The molecule has 22 heavy (non-hydrogen) atoms. The van der Waals surface area contributed by atoms with Gasteiger partial charge >= 0.3 is 0 Å². The SMILES string of the molecule is CCOc1cc2c(cc1C=Nc1ccc(Cl)c(Cl)c1)OCO2. The van der Waals surface area contributed by atoms with Crippen LogP contribution in [0.3, 0.4) is 0 Å². The van der Waals surface area contributed by atoms with Crippen molar-refractivity contribution in [2.75, 3.05) is 13.4 Å². The predicted octanol–water partition coefficient (Wildman–Crippen LogP) is 4.87. The Labute approximate surface area is 138 Å². The van der Waals surface area contributed by atoms with E-state index in [1.807, 2.05) is 19.1 Å². The second kappa shape index (κ2) is 6.46. The zero-order valence-electron chi connectivity index (χ0n) is 11.8. The molecule has 0 bridgehead atoms. The molecule has 0 fully saturated rings. The summed E-state index contributed by atoms with van der Waals surface area (Å²) in [6.07, 6.45) is 1.70. The first kappa shape index (κ1) is 15.0. The number of benzene rings is 2. The number of rotatable bonds is 4. The van der Waals surface area contributed by atoms with Crippen LogP contribution in [-0.2, 0) is 0 Å². The molecule has 2 aromatic rings. The Hall–Kier alpha value is -1.91. The lowest BCUT2D eigenvalue weighted by molar-refractivity contribution is 0.174. The van der Waals surface area contributed by atoms with Gasteiger partial charge in [-0.25, -0.2) is 0 Å². The topological polar surface area (TPSA) is 40.0 Å². The maximum Gasteiger partial charge on any atom is 0.231 e. The molecule has 4 nitrogen and oxygen atoms in total.